The van der Waals surface area contributed by atoms with E-state index in [2.05, 4.69) is 0 Å². The Balaban J connectivity index is 0.667. The molecular weight excluding hydrogens is 1320 g/mol. The normalized spacial score (nSPS) is 50.9. The van der Waals surface area contributed by atoms with Crippen LogP contribution in [0.2, 0.25) is 0 Å². The molecule has 0 aromatic heterocycles. The second-order valence-corrected chi connectivity index (χ2v) is 29.8. The number of carbonyl (C=O) groups is 1. The predicted molar refractivity (Wildman–Crippen MR) is 347 cm³/mol. The minimum Gasteiger partial charge on any atom is -0.458 e. The van der Waals surface area contributed by atoms with E-state index in [4.69, 9.17) is 85.3 Å². The number of esters is 1. The number of rotatable bonds is 22. The summed E-state index contributed by atoms with van der Waals surface area (Å²) in [5.41, 5.74) is -9.78. The van der Waals surface area contributed by atoms with Gasteiger partial charge in [-0.2, -0.15) is 0 Å². The molecule has 6 aliphatic heterocycles. The van der Waals surface area contributed by atoms with Gasteiger partial charge in [-0.25, -0.2) is 4.79 Å². The van der Waals surface area contributed by atoms with Crippen molar-refractivity contribution in [1.82, 2.24) is 0 Å². The van der Waals surface area contributed by atoms with Gasteiger partial charge in [-0.3, -0.25) is 0 Å². The number of fused-ring (bicyclic) bond motifs is 5. The molecule has 0 radical (unpaired) electrons. The van der Waals surface area contributed by atoms with Crippen LogP contribution in [0.1, 0.15) is 125 Å². The van der Waals surface area contributed by atoms with Gasteiger partial charge in [0.05, 0.1) is 84.8 Å². The second kappa shape index (κ2) is 31.1. The molecule has 36 atom stereocenters. The van der Waals surface area contributed by atoms with Gasteiger partial charge in [-0.05, 0) is 85.3 Å². The van der Waals surface area contributed by atoms with Crippen molar-refractivity contribution in [3.05, 3.63) is 54.1 Å². The van der Waals surface area contributed by atoms with Crippen molar-refractivity contribution in [1.29, 1.82) is 0 Å². The molecule has 100 heavy (non-hydrogen) atoms. The number of hydrogen-bond donors (Lipinski definition) is 10. The predicted octanol–water partition coefficient (Wildman–Crippen LogP) is 1.33. The van der Waals surface area contributed by atoms with Crippen molar-refractivity contribution >= 4 is 12.0 Å². The van der Waals surface area contributed by atoms with E-state index in [1.807, 2.05) is 58.0 Å². The van der Waals surface area contributed by atoms with Gasteiger partial charge in [0.1, 0.15) is 90.1 Å². The van der Waals surface area contributed by atoms with E-state index in [1.54, 1.807) is 54.3 Å². The molecule has 10 aliphatic rings. The summed E-state index contributed by atoms with van der Waals surface area (Å²) in [6.07, 6.45) is -19.3. The maximum Gasteiger partial charge on any atom is 0.331 e. The van der Waals surface area contributed by atoms with Gasteiger partial charge in [-0.1, -0.05) is 56.3 Å². The number of ether oxygens (including phenoxy) is 18. The van der Waals surface area contributed by atoms with Crippen molar-refractivity contribution in [3.8, 4) is 0 Å². The molecule has 29 heteroatoms. The minimum absolute atomic E-state index is 0.0461. The summed E-state index contributed by atoms with van der Waals surface area (Å²) in [7, 11) is 7.63. The Labute approximate surface area is 584 Å². The summed E-state index contributed by atoms with van der Waals surface area (Å²) in [5.74, 6) is -1.61. The Morgan fingerprint density at radius 3 is 1.53 bits per heavy atom. The van der Waals surface area contributed by atoms with E-state index in [9.17, 15) is 55.9 Å². The van der Waals surface area contributed by atoms with Gasteiger partial charge in [-0.15, -0.1) is 0 Å². The number of methoxy groups -OCH3 is 5. The number of aliphatic hydroxyl groups is 10. The zero-order chi connectivity index (χ0) is 72.3. The fourth-order valence-corrected chi connectivity index (χ4v) is 18.4. The number of benzene rings is 1. The average Bonchev–Trinajstić information content (AvgIpc) is 1.35. The lowest BCUT2D eigenvalue weighted by Gasteiger charge is -2.68. The highest BCUT2D eigenvalue weighted by molar-refractivity contribution is 5.87. The fraction of sp³-hybridized carbons (Fsp3) is 0.845. The maximum absolute atomic E-state index is 13.7. The summed E-state index contributed by atoms with van der Waals surface area (Å²) < 4.78 is 113. The zero-order valence-corrected chi connectivity index (χ0v) is 59.5. The van der Waals surface area contributed by atoms with Crippen LogP contribution >= 0.6 is 0 Å². The van der Waals surface area contributed by atoms with Gasteiger partial charge in [0.2, 0.25) is 0 Å². The molecule has 4 aliphatic carbocycles. The quantitative estimate of drug-likeness (QED) is 0.0445. The van der Waals surface area contributed by atoms with E-state index in [1.165, 1.54) is 33.3 Å². The molecule has 1 aromatic carbocycles. The molecule has 1 aromatic rings. The standard InChI is InChI=1S/C71H110O29/c1-34-58(42(83-9)27-50(88-34)93-41-21-22-66(7)47-31-48(95-49(74)20-19-40-17-15-14-16-18-40)67(8)69(80,39(6)73)25-26-71(67,82)70(47,81)24-23-68(66,79)32-41)96-51-28-43(84-10)59(35(2)89-51)97-52-29-44(85-11)61(37(4)90-52)100-65-57(78)63(87-13)62(38(5)92-65)98-53-30-45(86-12)60(36(3)91-53)99-64-56(77)55(76)54(75)46(33-72)94-64/h14-20,23-24,34-39,41-48,50-65,72-73,75-82H,21-22,25-33H2,1-13H3/b20-19+/t34-,35-,36-,37-,38-,39+,41+,42+,43+,44-,45+,46-,47-,48-,50+,51+,52+,53+,54-,55+,56-,57-,58-,59-,60-,61-,62-,63+,64+,65+,66-,67-,68-,69-,70+,71-/m1/s1. The number of carbonyl (C=O) groups excluding carboxylic acids is 1. The topological polar surface area (TPSA) is 386 Å². The van der Waals surface area contributed by atoms with Crippen LogP contribution in [0.5, 0.6) is 0 Å². The summed E-state index contributed by atoms with van der Waals surface area (Å²) in [5, 5.41) is 115. The first-order valence-electron chi connectivity index (χ1n) is 35.4. The highest BCUT2D eigenvalue weighted by Gasteiger charge is 2.82. The summed E-state index contributed by atoms with van der Waals surface area (Å²) in [6, 6.07) is 9.18. The first kappa shape index (κ1) is 78.2. The summed E-state index contributed by atoms with van der Waals surface area (Å²) in [4.78, 5) is 13.7. The molecule has 0 amide bonds. The Hall–Kier alpha value is -2.91. The molecule has 9 fully saturated rings. The monoisotopic (exact) mass is 1430 g/mol. The molecule has 6 saturated heterocycles. The van der Waals surface area contributed by atoms with E-state index in [-0.39, 0.29) is 51.4 Å². The van der Waals surface area contributed by atoms with Crippen molar-refractivity contribution in [2.45, 2.75) is 320 Å². The van der Waals surface area contributed by atoms with E-state index >= 15 is 0 Å². The van der Waals surface area contributed by atoms with Crippen LogP contribution in [-0.4, -0.2) is 300 Å². The Kier molecular flexibility index (Phi) is 24.3. The molecule has 3 saturated carbocycles. The molecule has 29 nitrogen and oxygen atoms in total. The van der Waals surface area contributed by atoms with Crippen LogP contribution in [-0.2, 0) is 90.1 Å². The third-order valence-corrected chi connectivity index (χ3v) is 24.4. The van der Waals surface area contributed by atoms with Crippen LogP contribution in [0, 0.1) is 16.7 Å². The molecule has 6 heterocycles. The third kappa shape index (κ3) is 14.2. The van der Waals surface area contributed by atoms with Crippen molar-refractivity contribution in [3.63, 3.8) is 0 Å². The lowest BCUT2D eigenvalue weighted by molar-refractivity contribution is -0.372. The number of aliphatic hydroxyl groups excluding tert-OH is 6. The van der Waals surface area contributed by atoms with Gasteiger partial charge in [0.15, 0.2) is 37.7 Å². The summed E-state index contributed by atoms with van der Waals surface area (Å²) in [6.45, 7) is 13.2. The Morgan fingerprint density at radius 2 is 1.04 bits per heavy atom. The van der Waals surface area contributed by atoms with E-state index in [0.29, 0.717) is 12.8 Å². The van der Waals surface area contributed by atoms with Gasteiger partial charge in [0, 0.05) is 85.1 Å². The van der Waals surface area contributed by atoms with Crippen LogP contribution in [0.4, 0.5) is 0 Å². The van der Waals surface area contributed by atoms with Gasteiger partial charge >= 0.3 is 5.97 Å². The smallest absolute Gasteiger partial charge is 0.331 e. The zero-order valence-electron chi connectivity index (χ0n) is 59.5. The lowest BCUT2D eigenvalue weighted by Crippen LogP contribution is -2.80. The molecule has 11 rings (SSSR count). The molecule has 0 spiro atoms. The molecular formula is C71H110O29. The molecule has 568 valence electrons. The molecule has 0 bridgehead atoms. The van der Waals surface area contributed by atoms with E-state index < -0.39 is 230 Å². The first-order chi connectivity index (χ1) is 47.4. The van der Waals surface area contributed by atoms with Crippen LogP contribution in [0.15, 0.2) is 48.6 Å². The highest BCUT2D eigenvalue weighted by Crippen LogP contribution is 2.71. The van der Waals surface area contributed by atoms with Crippen LogP contribution < -0.4 is 0 Å². The third-order valence-electron chi connectivity index (χ3n) is 24.4. The number of hydrogen-bond acceptors (Lipinski definition) is 29. The van der Waals surface area contributed by atoms with Gasteiger partial charge in [0.25, 0.3) is 0 Å². The molecule has 10 N–H and O–H groups in total. The lowest BCUT2D eigenvalue weighted by atomic mass is 9.41. The Morgan fingerprint density at radius 1 is 0.560 bits per heavy atom. The van der Waals surface area contributed by atoms with Gasteiger partial charge < -0.3 is 136 Å². The average molecular weight is 1430 g/mol. The summed E-state index contributed by atoms with van der Waals surface area (Å²) >= 11 is 0. The van der Waals surface area contributed by atoms with Crippen LogP contribution in [0.3, 0.4) is 0 Å². The first-order valence-corrected chi connectivity index (χ1v) is 35.4. The second-order valence-electron chi connectivity index (χ2n) is 29.8. The van der Waals surface area contributed by atoms with Crippen molar-refractivity contribution < 1.29 is 141 Å². The van der Waals surface area contributed by atoms with E-state index in [0.717, 1.165) is 5.56 Å². The molecule has 0 unspecified atom stereocenters. The largest absolute Gasteiger partial charge is 0.458 e. The highest BCUT2D eigenvalue weighted by atomic mass is 16.8. The fourth-order valence-electron chi connectivity index (χ4n) is 18.4. The maximum atomic E-state index is 13.7. The minimum atomic E-state index is -2.11. The Bertz CT molecular complexity index is 2910. The van der Waals surface area contributed by atoms with Crippen molar-refractivity contribution in [2.75, 3.05) is 42.2 Å². The van der Waals surface area contributed by atoms with Crippen LogP contribution in [0.25, 0.3) is 6.08 Å². The van der Waals surface area contributed by atoms with Crippen molar-refractivity contribution in [2.24, 2.45) is 16.7 Å². The SMILES string of the molecule is CO[C@H]1[C@@H](O)[C@H](O[C@@H]2[C@@H](C)O[C@@H](O[C@H]3[C@@H](OC)C[C@H](O[C@H]4[C@@H](OC)C[C@H](O[C@H]5CC[C@]6(C)[C@H]7C[C@@H](OC(=O)/C=C/c8ccccc8)[C@@]8(C)[C@](O)(CC[C@@]8(O)[C@H](C)O)[C@]7(O)C=C[C@@]6(O)C5)O[C@@H]4C)O[C@@H]3C)C[C@H]2OC)O[C@H](C)[C@H]1O[C@H]1C[C@H](OC)[C@H](O[C@@H]2O[C@H](CO)[C@@H](O)[C@H](O)[C@H]2O)[C@@H](C)O1.